The molecule has 64 heavy (non-hydrogen) atoms. The second-order valence-electron chi connectivity index (χ2n) is 17.4. The number of ether oxygens (including phenoxy) is 3. The van der Waals surface area contributed by atoms with Crippen LogP contribution in [0.15, 0.2) is 97.2 Å². The summed E-state index contributed by atoms with van der Waals surface area (Å²) in [6.07, 6.45) is 72.7. The third-order valence-corrected chi connectivity index (χ3v) is 11.1. The van der Waals surface area contributed by atoms with Crippen LogP contribution in [0.3, 0.4) is 0 Å². The van der Waals surface area contributed by atoms with Gasteiger partial charge in [0.05, 0.1) is 6.61 Å². The van der Waals surface area contributed by atoms with Crippen LogP contribution in [-0.2, 0) is 23.8 Å². The van der Waals surface area contributed by atoms with E-state index >= 15 is 0 Å². The van der Waals surface area contributed by atoms with Gasteiger partial charge in [0.25, 0.3) is 0 Å². The number of hydrogen-bond donors (Lipinski definition) is 0. The summed E-state index contributed by atoms with van der Waals surface area (Å²) in [5.41, 5.74) is 0. The van der Waals surface area contributed by atoms with E-state index in [0.29, 0.717) is 19.4 Å². The maximum atomic E-state index is 12.8. The van der Waals surface area contributed by atoms with Gasteiger partial charge in [0, 0.05) is 19.4 Å². The van der Waals surface area contributed by atoms with Gasteiger partial charge in [-0.15, -0.1) is 0 Å². The maximum Gasteiger partial charge on any atom is 0.306 e. The first-order valence-corrected chi connectivity index (χ1v) is 26.8. The zero-order chi connectivity index (χ0) is 46.3. The summed E-state index contributed by atoms with van der Waals surface area (Å²) in [6.45, 7) is 7.57. The largest absolute Gasteiger partial charge is 0.462 e. The Bertz CT molecular complexity index is 1230. The molecule has 0 aliphatic carbocycles. The van der Waals surface area contributed by atoms with Crippen LogP contribution in [0.1, 0.15) is 239 Å². The summed E-state index contributed by atoms with van der Waals surface area (Å²) in [6, 6.07) is 0. The van der Waals surface area contributed by atoms with Crippen molar-refractivity contribution in [2.45, 2.75) is 245 Å². The molecule has 5 nitrogen and oxygen atoms in total. The maximum absolute atomic E-state index is 12.8. The van der Waals surface area contributed by atoms with Gasteiger partial charge in [0.1, 0.15) is 6.61 Å². The molecule has 0 spiro atoms. The molecule has 0 bridgehead atoms. The second kappa shape index (κ2) is 54.2. The summed E-state index contributed by atoms with van der Waals surface area (Å²) < 4.78 is 17.4. The lowest BCUT2D eigenvalue weighted by molar-refractivity contribution is -0.163. The fourth-order valence-corrected chi connectivity index (χ4v) is 7.20. The fourth-order valence-electron chi connectivity index (χ4n) is 7.20. The minimum absolute atomic E-state index is 0.0686. The summed E-state index contributed by atoms with van der Waals surface area (Å²) in [5, 5.41) is 0. The molecule has 0 radical (unpaired) electrons. The van der Waals surface area contributed by atoms with Crippen molar-refractivity contribution in [3.8, 4) is 0 Å². The van der Waals surface area contributed by atoms with E-state index in [2.05, 4.69) is 118 Å². The van der Waals surface area contributed by atoms with Gasteiger partial charge in [-0.05, 0) is 96.3 Å². The highest BCUT2D eigenvalue weighted by Crippen LogP contribution is 2.14. The minimum Gasteiger partial charge on any atom is -0.462 e. The molecule has 0 saturated carbocycles. The van der Waals surface area contributed by atoms with Crippen LogP contribution < -0.4 is 0 Å². The first kappa shape index (κ1) is 60.8. The molecule has 1 atom stereocenters. The smallest absolute Gasteiger partial charge is 0.306 e. The summed E-state index contributed by atoms with van der Waals surface area (Å²) in [7, 11) is 0. The van der Waals surface area contributed by atoms with Gasteiger partial charge >= 0.3 is 11.9 Å². The SMILES string of the molecule is CC/C=C\C/C=C\C/C=C\C/C=C\CCCCCCCCC(=O)OCC(COCCCCCCCCCCCC)OC(=O)CCCCCCCC/C=C\C/C=C\C/C=C\C/C=C\CC. The molecule has 0 saturated heterocycles. The molecule has 0 heterocycles. The van der Waals surface area contributed by atoms with Crippen molar-refractivity contribution >= 4 is 11.9 Å². The van der Waals surface area contributed by atoms with Gasteiger partial charge in [-0.3, -0.25) is 9.59 Å². The van der Waals surface area contributed by atoms with Gasteiger partial charge in [-0.2, -0.15) is 0 Å². The number of carbonyl (C=O) groups excluding carboxylic acids is 2. The van der Waals surface area contributed by atoms with Crippen molar-refractivity contribution in [3.05, 3.63) is 97.2 Å². The molecule has 0 fully saturated rings. The fraction of sp³-hybridized carbons (Fsp3) is 0.695. The van der Waals surface area contributed by atoms with Gasteiger partial charge < -0.3 is 14.2 Å². The minimum atomic E-state index is -0.553. The first-order chi connectivity index (χ1) is 31.6. The Morgan fingerprint density at radius 3 is 1.12 bits per heavy atom. The van der Waals surface area contributed by atoms with E-state index in [1.165, 1.54) is 89.9 Å². The Labute approximate surface area is 396 Å². The molecule has 0 aliphatic rings. The predicted octanol–water partition coefficient (Wildman–Crippen LogP) is 18.2. The normalized spacial score (nSPS) is 13.0. The number of esters is 2. The number of rotatable bonds is 48. The Kier molecular flexibility index (Phi) is 51.5. The lowest BCUT2D eigenvalue weighted by atomic mass is 10.1. The van der Waals surface area contributed by atoms with Crippen LogP contribution in [0.2, 0.25) is 0 Å². The third kappa shape index (κ3) is 51.5. The van der Waals surface area contributed by atoms with Crippen LogP contribution >= 0.6 is 0 Å². The van der Waals surface area contributed by atoms with Crippen molar-refractivity contribution in [2.75, 3.05) is 19.8 Å². The third-order valence-electron chi connectivity index (χ3n) is 11.1. The van der Waals surface area contributed by atoms with E-state index in [-0.39, 0.29) is 25.2 Å². The Hall–Kier alpha value is -3.18. The highest BCUT2D eigenvalue weighted by Gasteiger charge is 2.17. The molecule has 0 aliphatic heterocycles. The van der Waals surface area contributed by atoms with E-state index in [1.807, 2.05) is 0 Å². The molecule has 1 unspecified atom stereocenters. The van der Waals surface area contributed by atoms with Crippen molar-refractivity contribution in [3.63, 3.8) is 0 Å². The van der Waals surface area contributed by atoms with Crippen molar-refractivity contribution in [2.24, 2.45) is 0 Å². The quantitative estimate of drug-likeness (QED) is 0.0346. The van der Waals surface area contributed by atoms with E-state index in [0.717, 1.165) is 116 Å². The van der Waals surface area contributed by atoms with E-state index < -0.39 is 6.10 Å². The lowest BCUT2D eigenvalue weighted by Crippen LogP contribution is -2.30. The van der Waals surface area contributed by atoms with Crippen LogP contribution in [0.4, 0.5) is 0 Å². The van der Waals surface area contributed by atoms with Gasteiger partial charge in [0.15, 0.2) is 6.10 Å². The van der Waals surface area contributed by atoms with E-state index in [1.54, 1.807) is 0 Å². The van der Waals surface area contributed by atoms with Gasteiger partial charge in [0.2, 0.25) is 0 Å². The van der Waals surface area contributed by atoms with E-state index in [9.17, 15) is 9.59 Å². The molecule has 0 N–H and O–H groups in total. The molecule has 0 rings (SSSR count). The predicted molar refractivity (Wildman–Crippen MR) is 279 cm³/mol. The molecule has 0 aromatic rings. The summed E-state index contributed by atoms with van der Waals surface area (Å²) >= 11 is 0. The zero-order valence-electron chi connectivity index (χ0n) is 42.0. The summed E-state index contributed by atoms with van der Waals surface area (Å²) in [5.74, 6) is -0.429. The van der Waals surface area contributed by atoms with Gasteiger partial charge in [-0.1, -0.05) is 227 Å². The topological polar surface area (TPSA) is 61.8 Å². The number of hydrogen-bond acceptors (Lipinski definition) is 5. The molecule has 0 amide bonds. The van der Waals surface area contributed by atoms with Crippen molar-refractivity contribution < 1.29 is 23.8 Å². The Balaban J connectivity index is 4.27. The molecular weight excluding hydrogens is 789 g/mol. The van der Waals surface area contributed by atoms with E-state index in [4.69, 9.17) is 14.2 Å². The Morgan fingerprint density at radius 2 is 0.703 bits per heavy atom. The zero-order valence-corrected chi connectivity index (χ0v) is 42.0. The molecule has 0 aromatic carbocycles. The highest BCUT2D eigenvalue weighted by molar-refractivity contribution is 5.70. The van der Waals surface area contributed by atoms with Crippen LogP contribution in [0.5, 0.6) is 0 Å². The molecular formula is C59H100O5. The van der Waals surface area contributed by atoms with Crippen LogP contribution in [-0.4, -0.2) is 37.9 Å². The van der Waals surface area contributed by atoms with Crippen LogP contribution in [0, 0.1) is 0 Å². The molecule has 5 heteroatoms. The first-order valence-electron chi connectivity index (χ1n) is 26.8. The molecule has 0 aromatic heterocycles. The number of allylic oxidation sites excluding steroid dienone is 16. The average Bonchev–Trinajstić information content (AvgIpc) is 3.30. The van der Waals surface area contributed by atoms with Crippen molar-refractivity contribution in [1.82, 2.24) is 0 Å². The Morgan fingerprint density at radius 1 is 0.359 bits per heavy atom. The summed E-state index contributed by atoms with van der Waals surface area (Å²) in [4.78, 5) is 25.4. The average molecular weight is 889 g/mol. The lowest BCUT2D eigenvalue weighted by Gasteiger charge is -2.18. The van der Waals surface area contributed by atoms with Crippen LogP contribution in [0.25, 0.3) is 0 Å². The standard InChI is InChI=1S/C59H100O5/c1-4-7-10-13-16-19-22-24-26-28-30-32-34-36-38-40-43-46-49-52-58(60)63-56-57(55-62-54-51-48-45-42-21-18-15-12-9-6-3)64-59(61)53-50-47-44-41-39-37-35-33-31-29-27-25-23-20-17-14-11-8-5-2/h7-8,10-11,16-17,19-20,24-27,30-33,57H,4-6,9,12-15,18,21-23,28-29,34-56H2,1-3H3/b10-7-,11-8-,19-16-,20-17-,26-24-,27-25-,32-30-,33-31-. The highest BCUT2D eigenvalue weighted by atomic mass is 16.6. The van der Waals surface area contributed by atoms with Gasteiger partial charge in [-0.25, -0.2) is 0 Å². The van der Waals surface area contributed by atoms with Crippen molar-refractivity contribution in [1.29, 1.82) is 0 Å². The molecule has 366 valence electrons. The number of unbranched alkanes of at least 4 members (excludes halogenated alkanes) is 21. The monoisotopic (exact) mass is 889 g/mol. The number of carbonyl (C=O) groups is 2. The second-order valence-corrected chi connectivity index (χ2v) is 17.4.